The van der Waals surface area contributed by atoms with Crippen LogP contribution in [0.4, 0.5) is 0 Å². The van der Waals surface area contributed by atoms with Gasteiger partial charge in [0.2, 0.25) is 0 Å². The number of ether oxygens (including phenoxy) is 1. The van der Waals surface area contributed by atoms with Gasteiger partial charge < -0.3 is 4.74 Å². The van der Waals surface area contributed by atoms with Crippen LogP contribution in [0, 0.1) is 6.92 Å². The Hall–Kier alpha value is -1.34. The van der Waals surface area contributed by atoms with Crippen LogP contribution in [0.25, 0.3) is 0 Å². The zero-order valence-corrected chi connectivity index (χ0v) is 14.9. The van der Waals surface area contributed by atoms with Crippen molar-refractivity contribution in [2.45, 2.75) is 38.6 Å². The number of hydrogen-bond donors (Lipinski definition) is 0. The molecule has 6 heteroatoms. The third-order valence-electron chi connectivity index (χ3n) is 4.94. The second kappa shape index (κ2) is 7.27. The van der Waals surface area contributed by atoms with Crippen molar-refractivity contribution in [3.05, 3.63) is 46.2 Å². The molecular formula is C18H24N4OS. The molecule has 0 N–H and O–H groups in total. The fourth-order valence-electron chi connectivity index (χ4n) is 3.74. The number of aromatic nitrogens is 2. The second-order valence-corrected chi connectivity index (χ2v) is 7.65. The van der Waals surface area contributed by atoms with Crippen LogP contribution in [-0.2, 0) is 17.8 Å². The number of fused-ring (bicyclic) bond motifs is 1. The van der Waals surface area contributed by atoms with E-state index in [4.69, 9.17) is 4.74 Å². The molecule has 2 fully saturated rings. The normalized spacial score (nSPS) is 25.5. The van der Waals surface area contributed by atoms with Gasteiger partial charge in [-0.3, -0.25) is 14.8 Å². The summed E-state index contributed by atoms with van der Waals surface area (Å²) in [6.45, 7) is 8.03. The Morgan fingerprint density at radius 2 is 2.12 bits per heavy atom. The Labute approximate surface area is 147 Å². The zero-order valence-electron chi connectivity index (χ0n) is 14.1. The van der Waals surface area contributed by atoms with E-state index >= 15 is 0 Å². The van der Waals surface area contributed by atoms with Gasteiger partial charge in [-0.05, 0) is 31.0 Å². The molecule has 2 aliphatic rings. The van der Waals surface area contributed by atoms with Crippen molar-refractivity contribution in [1.82, 2.24) is 19.8 Å². The van der Waals surface area contributed by atoms with Crippen LogP contribution < -0.4 is 0 Å². The molecule has 0 unspecified atom stereocenters. The van der Waals surface area contributed by atoms with E-state index in [9.17, 15) is 0 Å². The largest absolute Gasteiger partial charge is 0.375 e. The molecular weight excluding hydrogens is 320 g/mol. The van der Waals surface area contributed by atoms with E-state index < -0.39 is 0 Å². The van der Waals surface area contributed by atoms with Gasteiger partial charge in [-0.1, -0.05) is 0 Å². The summed E-state index contributed by atoms with van der Waals surface area (Å²) < 4.78 is 6.06. The van der Waals surface area contributed by atoms with Crippen LogP contribution in [0.3, 0.4) is 0 Å². The maximum atomic E-state index is 6.06. The summed E-state index contributed by atoms with van der Waals surface area (Å²) in [5.41, 5.74) is 2.46. The minimum Gasteiger partial charge on any atom is -0.375 e. The van der Waals surface area contributed by atoms with Crippen LogP contribution in [0.2, 0.25) is 0 Å². The second-order valence-electron chi connectivity index (χ2n) is 6.71. The van der Waals surface area contributed by atoms with Crippen LogP contribution >= 0.6 is 11.3 Å². The first-order valence-electron chi connectivity index (χ1n) is 8.66. The topological polar surface area (TPSA) is 41.5 Å². The van der Waals surface area contributed by atoms with Crippen LogP contribution in [0.5, 0.6) is 0 Å². The number of likely N-dealkylation sites (tertiary alicyclic amines) is 1. The number of aryl methyl sites for hydroxylation is 1. The minimum absolute atomic E-state index is 0.370. The van der Waals surface area contributed by atoms with Gasteiger partial charge in [-0.15, -0.1) is 11.3 Å². The van der Waals surface area contributed by atoms with Gasteiger partial charge in [-0.2, -0.15) is 0 Å². The lowest BCUT2D eigenvalue weighted by molar-refractivity contribution is -0.107. The predicted molar refractivity (Wildman–Crippen MR) is 94.9 cm³/mol. The molecule has 0 bridgehead atoms. The van der Waals surface area contributed by atoms with Gasteiger partial charge >= 0.3 is 0 Å². The van der Waals surface area contributed by atoms with Crippen molar-refractivity contribution in [2.24, 2.45) is 0 Å². The number of nitrogens with zero attached hydrogens (tertiary/aromatic N) is 4. The molecule has 2 aliphatic heterocycles. The summed E-state index contributed by atoms with van der Waals surface area (Å²) in [6, 6.07) is 4.70. The van der Waals surface area contributed by atoms with Gasteiger partial charge in [0.25, 0.3) is 0 Å². The molecule has 128 valence electrons. The molecule has 0 aliphatic carbocycles. The van der Waals surface area contributed by atoms with Gasteiger partial charge in [0, 0.05) is 55.7 Å². The van der Waals surface area contributed by atoms with E-state index in [0.717, 1.165) is 51.4 Å². The smallest absolute Gasteiger partial charge is 0.107 e. The first kappa shape index (κ1) is 16.1. The maximum absolute atomic E-state index is 6.06. The Kier molecular flexibility index (Phi) is 4.89. The summed E-state index contributed by atoms with van der Waals surface area (Å²) in [6.07, 6.45) is 5.24. The summed E-state index contributed by atoms with van der Waals surface area (Å²) in [5, 5.41) is 3.37. The molecule has 0 saturated carbocycles. The van der Waals surface area contributed by atoms with Crippen molar-refractivity contribution in [3.8, 4) is 0 Å². The standard InChI is InChI=1S/C18H24N4OS/c1-14-13-24-18(20-14)12-21-7-4-17-16(11-21)22(8-9-23-17)10-15-2-5-19-6-3-15/h2-3,5-6,13,16-17H,4,7-12H2,1H3/t16-,17-/m1/s1. The van der Waals surface area contributed by atoms with Crippen LogP contribution in [0.1, 0.15) is 22.7 Å². The van der Waals surface area contributed by atoms with E-state index in [1.54, 1.807) is 11.3 Å². The Balaban J connectivity index is 1.43. The van der Waals surface area contributed by atoms with Crippen molar-refractivity contribution in [3.63, 3.8) is 0 Å². The van der Waals surface area contributed by atoms with Crippen molar-refractivity contribution in [1.29, 1.82) is 0 Å². The van der Waals surface area contributed by atoms with Gasteiger partial charge in [0.15, 0.2) is 0 Å². The fraction of sp³-hybridized carbons (Fsp3) is 0.556. The van der Waals surface area contributed by atoms with Gasteiger partial charge in [-0.25, -0.2) is 4.98 Å². The average Bonchev–Trinajstić information content (AvgIpc) is 3.01. The molecule has 4 heterocycles. The highest BCUT2D eigenvalue weighted by Gasteiger charge is 2.37. The maximum Gasteiger partial charge on any atom is 0.107 e. The van der Waals surface area contributed by atoms with E-state index in [0.29, 0.717) is 12.1 Å². The highest BCUT2D eigenvalue weighted by Crippen LogP contribution is 2.26. The molecule has 2 saturated heterocycles. The van der Waals surface area contributed by atoms with Crippen molar-refractivity contribution >= 4 is 11.3 Å². The lowest BCUT2D eigenvalue weighted by Gasteiger charge is -2.47. The van der Waals surface area contributed by atoms with Gasteiger partial charge in [0.1, 0.15) is 5.01 Å². The number of hydrogen-bond acceptors (Lipinski definition) is 6. The molecule has 4 rings (SSSR count). The molecule has 24 heavy (non-hydrogen) atoms. The van der Waals surface area contributed by atoms with Crippen molar-refractivity contribution < 1.29 is 4.74 Å². The number of rotatable bonds is 4. The molecule has 5 nitrogen and oxygen atoms in total. The predicted octanol–water partition coefficient (Wildman–Crippen LogP) is 2.32. The van der Waals surface area contributed by atoms with E-state index in [1.165, 1.54) is 10.6 Å². The highest BCUT2D eigenvalue weighted by molar-refractivity contribution is 7.09. The summed E-state index contributed by atoms with van der Waals surface area (Å²) in [4.78, 5) is 13.9. The quantitative estimate of drug-likeness (QED) is 0.851. The fourth-order valence-corrected chi connectivity index (χ4v) is 4.55. The molecule has 2 atom stereocenters. The minimum atomic E-state index is 0.370. The van der Waals surface area contributed by atoms with Crippen LogP contribution in [-0.4, -0.2) is 58.2 Å². The molecule has 0 spiro atoms. The first-order valence-corrected chi connectivity index (χ1v) is 9.54. The third kappa shape index (κ3) is 3.67. The molecule has 2 aromatic rings. The van der Waals surface area contributed by atoms with Crippen LogP contribution in [0.15, 0.2) is 29.9 Å². The summed E-state index contributed by atoms with van der Waals surface area (Å²) in [7, 11) is 0. The van der Waals surface area contributed by atoms with E-state index in [-0.39, 0.29) is 0 Å². The SMILES string of the molecule is Cc1csc(CN2CC[C@H]3OCCN(Cc4ccncc4)[C@@H]3C2)n1. The van der Waals surface area contributed by atoms with E-state index in [1.807, 2.05) is 12.4 Å². The lowest BCUT2D eigenvalue weighted by Crippen LogP contribution is -2.59. The molecule has 0 aromatic carbocycles. The molecule has 0 amide bonds. The van der Waals surface area contributed by atoms with Crippen molar-refractivity contribution in [2.75, 3.05) is 26.2 Å². The highest BCUT2D eigenvalue weighted by atomic mass is 32.1. The Morgan fingerprint density at radius 1 is 1.25 bits per heavy atom. The van der Waals surface area contributed by atoms with E-state index in [2.05, 4.69) is 44.2 Å². The Morgan fingerprint density at radius 3 is 2.92 bits per heavy atom. The third-order valence-corrected chi connectivity index (χ3v) is 5.90. The Bertz CT molecular complexity index is 662. The summed E-state index contributed by atoms with van der Waals surface area (Å²) in [5.74, 6) is 0. The zero-order chi connectivity index (χ0) is 16.4. The molecule has 2 aromatic heterocycles. The molecule has 0 radical (unpaired) electrons. The average molecular weight is 344 g/mol. The number of thiazole rings is 1. The number of morpholine rings is 1. The number of piperidine rings is 1. The monoisotopic (exact) mass is 344 g/mol. The van der Waals surface area contributed by atoms with Gasteiger partial charge in [0.05, 0.1) is 19.3 Å². The number of pyridine rings is 1. The summed E-state index contributed by atoms with van der Waals surface area (Å²) >= 11 is 1.77. The lowest BCUT2D eigenvalue weighted by atomic mass is 9.98. The first-order chi connectivity index (χ1) is 11.8.